The topological polar surface area (TPSA) is 48.3 Å². The van der Waals surface area contributed by atoms with Crippen molar-refractivity contribution in [2.45, 2.75) is 19.4 Å². The third-order valence-electron chi connectivity index (χ3n) is 2.10. The molecule has 0 spiro atoms. The number of hydrogen-bond donors (Lipinski definition) is 0. The zero-order valence-electron chi connectivity index (χ0n) is 8.57. The molecule has 0 aromatic carbocycles. The Labute approximate surface area is 92.4 Å². The number of pyridine rings is 1. The van der Waals surface area contributed by atoms with E-state index in [4.69, 9.17) is 11.6 Å². The summed E-state index contributed by atoms with van der Waals surface area (Å²) in [7, 11) is 1.29. The fraction of sp³-hybridized carbons (Fsp3) is 0.400. The van der Waals surface area contributed by atoms with E-state index in [2.05, 4.69) is 4.74 Å². The van der Waals surface area contributed by atoms with Gasteiger partial charge in [0.1, 0.15) is 6.04 Å². The molecule has 1 rings (SSSR count). The second-order valence-electron chi connectivity index (χ2n) is 3.04. The first kappa shape index (κ1) is 11.8. The van der Waals surface area contributed by atoms with Crippen molar-refractivity contribution in [1.82, 2.24) is 4.57 Å². The molecule has 1 aromatic rings. The summed E-state index contributed by atoms with van der Waals surface area (Å²) in [5, 5.41) is 0.414. The predicted molar refractivity (Wildman–Crippen MR) is 57.1 cm³/mol. The molecule has 82 valence electrons. The molecular formula is C10H12ClNO3. The maximum atomic E-state index is 11.5. The molecule has 0 amide bonds. The van der Waals surface area contributed by atoms with Crippen LogP contribution in [0.1, 0.15) is 19.4 Å². The smallest absolute Gasteiger partial charge is 0.328 e. The fourth-order valence-corrected chi connectivity index (χ4v) is 1.50. The summed E-state index contributed by atoms with van der Waals surface area (Å²) >= 11 is 5.75. The van der Waals surface area contributed by atoms with E-state index in [0.29, 0.717) is 11.4 Å². The van der Waals surface area contributed by atoms with Crippen molar-refractivity contribution in [3.05, 3.63) is 33.7 Å². The van der Waals surface area contributed by atoms with Crippen LogP contribution in [0.5, 0.6) is 0 Å². The Bertz CT molecular complexity index is 413. The van der Waals surface area contributed by atoms with Crippen LogP contribution in [-0.2, 0) is 9.53 Å². The molecule has 5 heteroatoms. The Kier molecular flexibility index (Phi) is 3.91. The standard InChI is InChI=1S/C10H12ClNO3/c1-3-8(10(14)15-2)12-6-7(11)4-5-9(12)13/h4-6,8H,3H2,1-2H3. The molecular weight excluding hydrogens is 218 g/mol. The molecule has 1 heterocycles. The normalized spacial score (nSPS) is 12.2. The van der Waals surface area contributed by atoms with Crippen LogP contribution in [0.4, 0.5) is 0 Å². The average Bonchev–Trinajstić information content (AvgIpc) is 2.23. The molecule has 0 N–H and O–H groups in total. The molecule has 0 radical (unpaired) electrons. The monoisotopic (exact) mass is 229 g/mol. The Hall–Kier alpha value is -1.29. The van der Waals surface area contributed by atoms with E-state index in [0.717, 1.165) is 0 Å². The van der Waals surface area contributed by atoms with Gasteiger partial charge >= 0.3 is 5.97 Å². The van der Waals surface area contributed by atoms with Gasteiger partial charge in [0.15, 0.2) is 0 Å². The first-order valence-electron chi connectivity index (χ1n) is 4.55. The lowest BCUT2D eigenvalue weighted by atomic mass is 10.2. The van der Waals surface area contributed by atoms with Gasteiger partial charge in [0.2, 0.25) is 0 Å². The molecule has 4 nitrogen and oxygen atoms in total. The number of methoxy groups -OCH3 is 1. The van der Waals surface area contributed by atoms with E-state index >= 15 is 0 Å². The summed E-state index contributed by atoms with van der Waals surface area (Å²) < 4.78 is 5.90. The van der Waals surface area contributed by atoms with Gasteiger partial charge in [0.05, 0.1) is 12.1 Å². The maximum absolute atomic E-state index is 11.5. The minimum Gasteiger partial charge on any atom is -0.467 e. The minimum absolute atomic E-state index is 0.267. The lowest BCUT2D eigenvalue weighted by Crippen LogP contribution is -2.29. The number of aromatic nitrogens is 1. The lowest BCUT2D eigenvalue weighted by Gasteiger charge is -2.15. The van der Waals surface area contributed by atoms with Crippen molar-refractivity contribution >= 4 is 17.6 Å². The molecule has 0 saturated carbocycles. The molecule has 1 unspecified atom stereocenters. The molecule has 15 heavy (non-hydrogen) atoms. The van der Waals surface area contributed by atoms with Crippen molar-refractivity contribution in [2.24, 2.45) is 0 Å². The van der Waals surface area contributed by atoms with E-state index in [1.165, 1.54) is 30.0 Å². The van der Waals surface area contributed by atoms with Crippen LogP contribution in [0.3, 0.4) is 0 Å². The van der Waals surface area contributed by atoms with Crippen LogP contribution in [0, 0.1) is 0 Å². The van der Waals surface area contributed by atoms with E-state index in [1.54, 1.807) is 6.92 Å². The molecule has 1 aromatic heterocycles. The van der Waals surface area contributed by atoms with Crippen LogP contribution in [-0.4, -0.2) is 17.6 Å². The van der Waals surface area contributed by atoms with Gasteiger partial charge in [-0.05, 0) is 12.5 Å². The van der Waals surface area contributed by atoms with Crippen molar-refractivity contribution in [1.29, 1.82) is 0 Å². The van der Waals surface area contributed by atoms with Crippen molar-refractivity contribution < 1.29 is 9.53 Å². The van der Waals surface area contributed by atoms with E-state index in [1.807, 2.05) is 0 Å². The number of carbonyl (C=O) groups excluding carboxylic acids is 1. The number of nitrogens with zero attached hydrogens (tertiary/aromatic N) is 1. The Morgan fingerprint density at radius 2 is 2.27 bits per heavy atom. The summed E-state index contributed by atoms with van der Waals surface area (Å²) in [4.78, 5) is 22.9. The number of ether oxygens (including phenoxy) is 1. The zero-order chi connectivity index (χ0) is 11.4. The fourth-order valence-electron chi connectivity index (χ4n) is 1.33. The van der Waals surface area contributed by atoms with Crippen LogP contribution in [0.2, 0.25) is 5.02 Å². The van der Waals surface area contributed by atoms with Crippen molar-refractivity contribution in [2.75, 3.05) is 7.11 Å². The van der Waals surface area contributed by atoms with Gasteiger partial charge in [-0.3, -0.25) is 9.36 Å². The maximum Gasteiger partial charge on any atom is 0.328 e. The number of rotatable bonds is 3. The van der Waals surface area contributed by atoms with Gasteiger partial charge in [-0.2, -0.15) is 0 Å². The van der Waals surface area contributed by atoms with Gasteiger partial charge in [-0.15, -0.1) is 0 Å². The molecule has 0 fully saturated rings. The van der Waals surface area contributed by atoms with E-state index in [9.17, 15) is 9.59 Å². The highest BCUT2D eigenvalue weighted by atomic mass is 35.5. The quantitative estimate of drug-likeness (QED) is 0.741. The Morgan fingerprint density at radius 1 is 1.60 bits per heavy atom. The SMILES string of the molecule is CCC(C(=O)OC)n1cc(Cl)ccc1=O. The van der Waals surface area contributed by atoms with Gasteiger partial charge in [0.25, 0.3) is 5.56 Å². The lowest BCUT2D eigenvalue weighted by molar-refractivity contribution is -0.144. The van der Waals surface area contributed by atoms with E-state index < -0.39 is 12.0 Å². The number of hydrogen-bond acceptors (Lipinski definition) is 3. The predicted octanol–water partition coefficient (Wildman–Crippen LogP) is 1.63. The van der Waals surface area contributed by atoms with E-state index in [-0.39, 0.29) is 5.56 Å². The first-order chi connectivity index (χ1) is 7.10. The number of carbonyl (C=O) groups is 1. The molecule has 1 atom stereocenters. The number of esters is 1. The highest BCUT2D eigenvalue weighted by Crippen LogP contribution is 2.13. The summed E-state index contributed by atoms with van der Waals surface area (Å²) in [5.41, 5.74) is -0.267. The molecule has 0 saturated heterocycles. The van der Waals surface area contributed by atoms with Crippen LogP contribution in [0.25, 0.3) is 0 Å². The average molecular weight is 230 g/mol. The Balaban J connectivity index is 3.17. The van der Waals surface area contributed by atoms with Gasteiger partial charge < -0.3 is 4.74 Å². The molecule has 0 aliphatic heterocycles. The van der Waals surface area contributed by atoms with Crippen LogP contribution in [0.15, 0.2) is 23.1 Å². The minimum atomic E-state index is -0.610. The third kappa shape index (κ3) is 2.59. The number of halogens is 1. The highest BCUT2D eigenvalue weighted by Gasteiger charge is 2.19. The summed E-state index contributed by atoms with van der Waals surface area (Å²) in [6.45, 7) is 1.80. The first-order valence-corrected chi connectivity index (χ1v) is 4.93. The molecule has 0 bridgehead atoms. The van der Waals surface area contributed by atoms with Crippen molar-refractivity contribution in [3.63, 3.8) is 0 Å². The molecule has 0 aliphatic rings. The second kappa shape index (κ2) is 4.98. The third-order valence-corrected chi connectivity index (χ3v) is 2.32. The highest BCUT2D eigenvalue weighted by molar-refractivity contribution is 6.30. The molecule has 0 aliphatic carbocycles. The van der Waals surface area contributed by atoms with Gasteiger partial charge in [0, 0.05) is 12.3 Å². The zero-order valence-corrected chi connectivity index (χ0v) is 9.32. The van der Waals surface area contributed by atoms with Crippen molar-refractivity contribution in [3.8, 4) is 0 Å². The largest absolute Gasteiger partial charge is 0.467 e. The summed E-state index contributed by atoms with van der Waals surface area (Å²) in [6, 6.07) is 2.21. The summed E-state index contributed by atoms with van der Waals surface area (Å²) in [6.07, 6.45) is 1.92. The second-order valence-corrected chi connectivity index (χ2v) is 3.48. The summed E-state index contributed by atoms with van der Waals surface area (Å²) in [5.74, 6) is -0.443. The van der Waals surface area contributed by atoms with Gasteiger partial charge in [-0.1, -0.05) is 18.5 Å². The van der Waals surface area contributed by atoms with Crippen LogP contribution < -0.4 is 5.56 Å². The van der Waals surface area contributed by atoms with Crippen LogP contribution >= 0.6 is 11.6 Å². The van der Waals surface area contributed by atoms with Gasteiger partial charge in [-0.25, -0.2) is 4.79 Å². The Morgan fingerprint density at radius 3 is 2.80 bits per heavy atom.